The summed E-state index contributed by atoms with van der Waals surface area (Å²) in [5, 5.41) is 2.89. The monoisotopic (exact) mass is 609 g/mol. The van der Waals surface area contributed by atoms with Crippen molar-refractivity contribution in [3.8, 4) is 5.75 Å². The van der Waals surface area contributed by atoms with E-state index in [2.05, 4.69) is 5.32 Å². The summed E-state index contributed by atoms with van der Waals surface area (Å²) in [5.74, 6) is -2.63. The molecule has 41 heavy (non-hydrogen) atoms. The predicted molar refractivity (Wildman–Crippen MR) is 156 cm³/mol. The van der Waals surface area contributed by atoms with Gasteiger partial charge in [0.1, 0.15) is 23.4 Å². The van der Waals surface area contributed by atoms with Gasteiger partial charge < -0.3 is 10.1 Å². The summed E-state index contributed by atoms with van der Waals surface area (Å²) in [5.41, 5.74) is 1.52. The summed E-state index contributed by atoms with van der Waals surface area (Å²) in [4.78, 5) is 55.1. The van der Waals surface area contributed by atoms with Gasteiger partial charge in [0.15, 0.2) is 0 Å². The van der Waals surface area contributed by atoms with Gasteiger partial charge in [0, 0.05) is 21.5 Å². The molecule has 1 fully saturated rings. The van der Waals surface area contributed by atoms with Crippen LogP contribution in [0.25, 0.3) is 0 Å². The number of nitrogens with one attached hydrogen (secondary N) is 1. The van der Waals surface area contributed by atoms with Crippen LogP contribution < -0.4 is 19.8 Å². The number of fused-ring (bicyclic) bond motifs is 2. The van der Waals surface area contributed by atoms with Gasteiger partial charge in [0.05, 0.1) is 23.7 Å². The highest BCUT2D eigenvalue weighted by molar-refractivity contribution is 8.00. The van der Waals surface area contributed by atoms with Gasteiger partial charge in [0.2, 0.25) is 17.7 Å². The Kier molecular flexibility index (Phi) is 7.18. The number of amides is 3. The Labute approximate surface area is 246 Å². The van der Waals surface area contributed by atoms with E-state index in [-0.39, 0.29) is 17.1 Å². The molecule has 2 unspecified atom stereocenters. The lowest BCUT2D eigenvalue weighted by atomic mass is 9.83. The lowest BCUT2D eigenvalue weighted by Gasteiger charge is -2.30. The maximum absolute atomic E-state index is 13.9. The number of nitrogens with zero attached hydrogens (tertiary/aromatic N) is 2. The highest BCUT2D eigenvalue weighted by Gasteiger charge is 2.56. The molecule has 3 aromatic carbocycles. The molecule has 4 aromatic rings. The number of anilines is 2. The van der Waals surface area contributed by atoms with Crippen molar-refractivity contribution < 1.29 is 23.5 Å². The molecule has 0 saturated carbocycles. The molecule has 3 heterocycles. The van der Waals surface area contributed by atoms with E-state index < -0.39 is 40.6 Å². The number of thiazole rings is 1. The summed E-state index contributed by atoms with van der Waals surface area (Å²) < 4.78 is 20.3. The molecular weight excluding hydrogens is 589 g/mol. The van der Waals surface area contributed by atoms with Gasteiger partial charge in [-0.25, -0.2) is 9.29 Å². The van der Waals surface area contributed by atoms with Gasteiger partial charge in [0.25, 0.3) is 0 Å². The Morgan fingerprint density at radius 3 is 2.32 bits per heavy atom. The number of halogens is 2. The van der Waals surface area contributed by atoms with Crippen molar-refractivity contribution in [3.63, 3.8) is 0 Å². The average molecular weight is 610 g/mol. The van der Waals surface area contributed by atoms with E-state index in [9.17, 15) is 23.6 Å². The second-order valence-electron chi connectivity index (χ2n) is 9.48. The number of benzene rings is 3. The third-order valence-electron chi connectivity index (χ3n) is 7.04. The molecule has 0 spiro atoms. The SMILES string of the molecule is COc1ccc([C@H]2c3sc(=O)n(CC(=O)Nc4ccc(Cl)cc4)c3SC3C(=O)N(c4ccc(F)cc4)C(=O)C32)cc1. The fourth-order valence-corrected chi connectivity index (χ4v) is 8.05. The quantitative estimate of drug-likeness (QED) is 0.304. The molecule has 0 bridgehead atoms. The van der Waals surface area contributed by atoms with Crippen molar-refractivity contribution in [2.75, 3.05) is 17.3 Å². The fourth-order valence-electron chi connectivity index (χ4n) is 5.15. The van der Waals surface area contributed by atoms with Gasteiger partial charge in [-0.1, -0.05) is 46.8 Å². The predicted octanol–water partition coefficient (Wildman–Crippen LogP) is 5.15. The van der Waals surface area contributed by atoms with E-state index in [1.807, 2.05) is 0 Å². The van der Waals surface area contributed by atoms with Gasteiger partial charge in [-0.2, -0.15) is 0 Å². The van der Waals surface area contributed by atoms with E-state index >= 15 is 0 Å². The van der Waals surface area contributed by atoms with Crippen molar-refractivity contribution in [1.82, 2.24) is 4.57 Å². The topological polar surface area (TPSA) is 97.7 Å². The van der Waals surface area contributed by atoms with Crippen LogP contribution in [0, 0.1) is 11.7 Å². The standard InChI is InChI=1S/C29H21ClFN3O5S2/c1-39-20-12-2-15(3-13-20)22-23-24(27(37)34(26(23)36)19-10-6-17(31)7-11-19)40-28-25(22)41-29(38)33(28)14-21(35)32-18-8-4-16(30)5-9-18/h2-13,22-24H,14H2,1H3,(H,32,35)/t22-,23?,24?/m1/s1. The number of imide groups is 1. The number of hydrogen-bond donors (Lipinski definition) is 1. The molecule has 0 aliphatic carbocycles. The molecule has 208 valence electrons. The Morgan fingerprint density at radius 2 is 1.66 bits per heavy atom. The van der Waals surface area contributed by atoms with Gasteiger partial charge in [-0.15, -0.1) is 0 Å². The molecular formula is C29H21ClFN3O5S2. The Bertz CT molecular complexity index is 1720. The minimum absolute atomic E-state index is 0.271. The van der Waals surface area contributed by atoms with Crippen molar-refractivity contribution in [1.29, 1.82) is 0 Å². The highest BCUT2D eigenvalue weighted by Crippen LogP contribution is 2.54. The van der Waals surface area contributed by atoms with Gasteiger partial charge >= 0.3 is 4.87 Å². The molecule has 0 radical (unpaired) electrons. The summed E-state index contributed by atoms with van der Waals surface area (Å²) in [6.45, 7) is -0.281. The fraction of sp³-hybridized carbons (Fsp3) is 0.172. The zero-order valence-corrected chi connectivity index (χ0v) is 23.8. The number of rotatable bonds is 6. The van der Waals surface area contributed by atoms with Crippen molar-refractivity contribution in [2.24, 2.45) is 5.92 Å². The summed E-state index contributed by atoms with van der Waals surface area (Å²) in [6, 6.07) is 18.9. The van der Waals surface area contributed by atoms with E-state index in [0.717, 1.165) is 33.6 Å². The minimum Gasteiger partial charge on any atom is -0.497 e. The lowest BCUT2D eigenvalue weighted by molar-refractivity contribution is -0.122. The third-order valence-corrected chi connectivity index (χ3v) is 9.89. The van der Waals surface area contributed by atoms with Crippen LogP contribution in [0.1, 0.15) is 16.4 Å². The zero-order chi connectivity index (χ0) is 28.8. The van der Waals surface area contributed by atoms with E-state index in [4.69, 9.17) is 16.3 Å². The Balaban J connectivity index is 1.40. The number of ether oxygens (including phenoxy) is 1. The van der Waals surface area contributed by atoms with Gasteiger partial charge in [-0.3, -0.25) is 23.7 Å². The molecule has 3 atom stereocenters. The first-order valence-electron chi connectivity index (χ1n) is 12.5. The summed E-state index contributed by atoms with van der Waals surface area (Å²) in [7, 11) is 1.54. The first-order chi connectivity index (χ1) is 19.7. The van der Waals surface area contributed by atoms with Crippen molar-refractivity contribution >= 4 is 63.8 Å². The smallest absolute Gasteiger partial charge is 0.308 e. The molecule has 2 aliphatic heterocycles. The highest BCUT2D eigenvalue weighted by atomic mass is 35.5. The molecule has 1 saturated heterocycles. The Morgan fingerprint density at radius 1 is 0.976 bits per heavy atom. The van der Waals surface area contributed by atoms with Crippen molar-refractivity contribution in [2.45, 2.75) is 22.7 Å². The van der Waals surface area contributed by atoms with Crippen LogP contribution in [0.5, 0.6) is 5.75 Å². The number of methoxy groups -OCH3 is 1. The largest absolute Gasteiger partial charge is 0.497 e. The second-order valence-corrected chi connectivity index (χ2v) is 12.0. The van der Waals surface area contributed by atoms with Crippen LogP contribution in [-0.4, -0.2) is 34.6 Å². The number of carbonyl (C=O) groups excluding carboxylic acids is 3. The van der Waals surface area contributed by atoms with Crippen LogP contribution in [0.4, 0.5) is 15.8 Å². The normalized spacial score (nSPS) is 19.6. The molecule has 8 nitrogen and oxygen atoms in total. The van der Waals surface area contributed by atoms with Crippen molar-refractivity contribution in [3.05, 3.63) is 104 Å². The van der Waals surface area contributed by atoms with Crippen LogP contribution in [0.2, 0.25) is 5.02 Å². The van der Waals surface area contributed by atoms with Crippen LogP contribution >= 0.6 is 34.7 Å². The van der Waals surface area contributed by atoms with E-state index in [1.54, 1.807) is 55.6 Å². The van der Waals surface area contributed by atoms with Crippen LogP contribution in [-0.2, 0) is 20.9 Å². The van der Waals surface area contributed by atoms with E-state index in [1.165, 1.54) is 28.8 Å². The average Bonchev–Trinajstić information content (AvgIpc) is 3.41. The van der Waals surface area contributed by atoms with Gasteiger partial charge in [-0.05, 0) is 66.2 Å². The number of thioether (sulfide) groups is 1. The molecule has 1 N–H and O–H groups in total. The summed E-state index contributed by atoms with van der Waals surface area (Å²) in [6.07, 6.45) is 0. The van der Waals surface area contributed by atoms with E-state index in [0.29, 0.717) is 26.4 Å². The molecule has 3 amide bonds. The molecule has 6 rings (SSSR count). The molecule has 1 aromatic heterocycles. The lowest BCUT2D eigenvalue weighted by Crippen LogP contribution is -2.33. The maximum Gasteiger partial charge on any atom is 0.308 e. The summed E-state index contributed by atoms with van der Waals surface area (Å²) >= 11 is 8.00. The van der Waals surface area contributed by atoms with Crippen LogP contribution in [0.15, 0.2) is 82.6 Å². The number of carbonyl (C=O) groups is 3. The molecule has 12 heteroatoms. The maximum atomic E-state index is 13.9. The number of hydrogen-bond acceptors (Lipinski definition) is 7. The zero-order valence-electron chi connectivity index (χ0n) is 21.4. The Hall–Kier alpha value is -3.93. The number of aromatic nitrogens is 1. The third kappa shape index (κ3) is 4.94. The van der Waals surface area contributed by atoms with Crippen LogP contribution in [0.3, 0.4) is 0 Å². The first-order valence-corrected chi connectivity index (χ1v) is 14.6. The minimum atomic E-state index is -0.855. The molecule has 2 aliphatic rings. The second kappa shape index (κ2) is 10.8. The first kappa shape index (κ1) is 27.3.